The van der Waals surface area contributed by atoms with Crippen molar-refractivity contribution in [3.63, 3.8) is 0 Å². The smallest absolute Gasteiger partial charge is 0.272 e. The van der Waals surface area contributed by atoms with Crippen LogP contribution in [0.25, 0.3) is 0 Å². The van der Waals surface area contributed by atoms with Gasteiger partial charge in [0.05, 0.1) is 0 Å². The molecule has 2 aliphatic heterocycles. The maximum absolute atomic E-state index is 12.9. The van der Waals surface area contributed by atoms with Gasteiger partial charge in [-0.05, 0) is 49.9 Å². The van der Waals surface area contributed by atoms with E-state index in [0.29, 0.717) is 17.8 Å². The highest BCUT2D eigenvalue weighted by Crippen LogP contribution is 2.31. The van der Waals surface area contributed by atoms with E-state index in [4.69, 9.17) is 0 Å². The number of pyridine rings is 1. The van der Waals surface area contributed by atoms with Gasteiger partial charge < -0.3 is 4.90 Å². The largest absolute Gasteiger partial charge is 0.333 e. The van der Waals surface area contributed by atoms with E-state index in [1.807, 2.05) is 18.2 Å². The molecular formula is C21H25N3O. The number of amides is 1. The first kappa shape index (κ1) is 16.3. The molecule has 0 N–H and O–H groups in total. The predicted octanol–water partition coefficient (Wildman–Crippen LogP) is 3.35. The predicted molar refractivity (Wildman–Crippen MR) is 98.2 cm³/mol. The summed E-state index contributed by atoms with van der Waals surface area (Å²) in [6.07, 6.45) is 6.31. The summed E-state index contributed by atoms with van der Waals surface area (Å²) in [5, 5.41) is 0. The van der Waals surface area contributed by atoms with Crippen LogP contribution in [0.5, 0.6) is 0 Å². The minimum Gasteiger partial charge on any atom is -0.333 e. The highest BCUT2D eigenvalue weighted by Gasteiger charge is 2.40. The van der Waals surface area contributed by atoms with Crippen molar-refractivity contribution in [1.29, 1.82) is 0 Å². The van der Waals surface area contributed by atoms with Crippen LogP contribution in [0.2, 0.25) is 0 Å². The van der Waals surface area contributed by atoms with Gasteiger partial charge in [0.15, 0.2) is 0 Å². The monoisotopic (exact) mass is 335 g/mol. The molecule has 2 fully saturated rings. The molecule has 2 atom stereocenters. The van der Waals surface area contributed by atoms with E-state index in [1.165, 1.54) is 18.4 Å². The molecule has 0 saturated carbocycles. The van der Waals surface area contributed by atoms with E-state index in [9.17, 15) is 4.79 Å². The highest BCUT2D eigenvalue weighted by molar-refractivity contribution is 5.92. The van der Waals surface area contributed by atoms with Crippen LogP contribution in [0.4, 0.5) is 0 Å². The van der Waals surface area contributed by atoms with Crippen LogP contribution in [-0.2, 0) is 6.54 Å². The van der Waals surface area contributed by atoms with Crippen molar-refractivity contribution in [1.82, 2.24) is 14.8 Å². The summed E-state index contributed by atoms with van der Waals surface area (Å²) in [6, 6.07) is 17.0. The standard InChI is InChI=1S/C21H25N3O/c25-21(18-10-4-5-13-22-18)24-15-7-12-20(24)19-11-6-14-23(19)16-17-8-2-1-3-9-17/h1-5,8-10,13,19-20H,6-7,11-12,14-16H2/t19-,20-/m1/s1. The molecule has 1 aromatic carbocycles. The molecule has 2 saturated heterocycles. The fraction of sp³-hybridized carbons (Fsp3) is 0.429. The average molecular weight is 335 g/mol. The number of nitrogens with zero attached hydrogens (tertiary/aromatic N) is 3. The number of carbonyl (C=O) groups is 1. The van der Waals surface area contributed by atoms with Crippen LogP contribution in [0.15, 0.2) is 54.7 Å². The van der Waals surface area contributed by atoms with Crippen molar-refractivity contribution in [2.45, 2.75) is 44.3 Å². The SMILES string of the molecule is O=C(c1ccccn1)N1CCC[C@@H]1[C@H]1CCCN1Cc1ccccc1. The lowest BCUT2D eigenvalue weighted by Crippen LogP contribution is -2.48. The number of aromatic nitrogens is 1. The van der Waals surface area contributed by atoms with Gasteiger partial charge in [0, 0.05) is 31.4 Å². The molecule has 1 aromatic heterocycles. The Morgan fingerprint density at radius 1 is 0.960 bits per heavy atom. The number of benzene rings is 1. The van der Waals surface area contributed by atoms with Gasteiger partial charge in [-0.25, -0.2) is 0 Å². The molecule has 4 heteroatoms. The molecule has 1 amide bonds. The summed E-state index contributed by atoms with van der Waals surface area (Å²) in [7, 11) is 0. The Morgan fingerprint density at radius 2 is 1.72 bits per heavy atom. The summed E-state index contributed by atoms with van der Waals surface area (Å²) in [5.74, 6) is 0.0923. The Labute approximate surface area is 149 Å². The Kier molecular flexibility index (Phi) is 4.79. The number of rotatable bonds is 4. The number of hydrogen-bond acceptors (Lipinski definition) is 3. The zero-order valence-corrected chi connectivity index (χ0v) is 14.6. The van der Waals surface area contributed by atoms with E-state index in [1.54, 1.807) is 6.20 Å². The maximum atomic E-state index is 12.9. The van der Waals surface area contributed by atoms with Crippen LogP contribution >= 0.6 is 0 Å². The summed E-state index contributed by atoms with van der Waals surface area (Å²) < 4.78 is 0. The first-order valence-electron chi connectivity index (χ1n) is 9.33. The first-order valence-corrected chi connectivity index (χ1v) is 9.33. The van der Waals surface area contributed by atoms with Crippen LogP contribution in [0.3, 0.4) is 0 Å². The van der Waals surface area contributed by atoms with Crippen molar-refractivity contribution in [2.75, 3.05) is 13.1 Å². The third kappa shape index (κ3) is 3.45. The quantitative estimate of drug-likeness (QED) is 0.860. The highest BCUT2D eigenvalue weighted by atomic mass is 16.2. The van der Waals surface area contributed by atoms with E-state index in [-0.39, 0.29) is 5.91 Å². The molecular weight excluding hydrogens is 310 g/mol. The fourth-order valence-corrected chi connectivity index (χ4v) is 4.38. The van der Waals surface area contributed by atoms with Crippen molar-refractivity contribution in [2.24, 2.45) is 0 Å². The second kappa shape index (κ2) is 7.36. The summed E-state index contributed by atoms with van der Waals surface area (Å²) in [5.41, 5.74) is 1.93. The Balaban J connectivity index is 1.50. The molecule has 2 aromatic rings. The van der Waals surface area contributed by atoms with Crippen molar-refractivity contribution in [3.05, 3.63) is 66.0 Å². The van der Waals surface area contributed by atoms with Gasteiger partial charge in [0.2, 0.25) is 0 Å². The number of carbonyl (C=O) groups excluding carboxylic acids is 1. The van der Waals surface area contributed by atoms with Crippen molar-refractivity contribution >= 4 is 5.91 Å². The van der Waals surface area contributed by atoms with E-state index in [2.05, 4.69) is 45.1 Å². The maximum Gasteiger partial charge on any atom is 0.272 e. The molecule has 0 spiro atoms. The van der Waals surface area contributed by atoms with Crippen LogP contribution in [0.1, 0.15) is 41.7 Å². The summed E-state index contributed by atoms with van der Waals surface area (Å²) in [6.45, 7) is 2.96. The zero-order valence-electron chi connectivity index (χ0n) is 14.6. The number of hydrogen-bond donors (Lipinski definition) is 0. The van der Waals surface area contributed by atoms with Crippen molar-refractivity contribution < 1.29 is 4.79 Å². The lowest BCUT2D eigenvalue weighted by atomic mass is 10.0. The normalized spacial score (nSPS) is 23.9. The van der Waals surface area contributed by atoms with E-state index >= 15 is 0 Å². The van der Waals surface area contributed by atoms with E-state index in [0.717, 1.165) is 32.5 Å². The third-order valence-corrected chi connectivity index (χ3v) is 5.53. The average Bonchev–Trinajstić information content (AvgIpc) is 3.31. The third-order valence-electron chi connectivity index (χ3n) is 5.53. The molecule has 130 valence electrons. The van der Waals surface area contributed by atoms with Crippen molar-refractivity contribution in [3.8, 4) is 0 Å². The fourth-order valence-electron chi connectivity index (χ4n) is 4.38. The topological polar surface area (TPSA) is 36.4 Å². The summed E-state index contributed by atoms with van der Waals surface area (Å²) in [4.78, 5) is 21.8. The van der Waals surface area contributed by atoms with Crippen LogP contribution in [0, 0.1) is 0 Å². The molecule has 0 unspecified atom stereocenters. The van der Waals surface area contributed by atoms with Gasteiger partial charge in [0.25, 0.3) is 5.91 Å². The lowest BCUT2D eigenvalue weighted by Gasteiger charge is -2.35. The Morgan fingerprint density at radius 3 is 2.52 bits per heavy atom. The van der Waals surface area contributed by atoms with Crippen LogP contribution in [-0.4, -0.2) is 45.9 Å². The molecule has 3 heterocycles. The molecule has 0 aliphatic carbocycles. The van der Waals surface area contributed by atoms with Gasteiger partial charge in [-0.3, -0.25) is 14.7 Å². The second-order valence-corrected chi connectivity index (χ2v) is 7.09. The molecule has 0 bridgehead atoms. The van der Waals surface area contributed by atoms with Gasteiger partial charge >= 0.3 is 0 Å². The lowest BCUT2D eigenvalue weighted by molar-refractivity contribution is 0.0633. The Hall–Kier alpha value is -2.20. The molecule has 4 nitrogen and oxygen atoms in total. The minimum absolute atomic E-state index is 0.0923. The summed E-state index contributed by atoms with van der Waals surface area (Å²) >= 11 is 0. The minimum atomic E-state index is 0.0923. The van der Waals surface area contributed by atoms with Crippen LogP contribution < -0.4 is 0 Å². The van der Waals surface area contributed by atoms with Gasteiger partial charge in [-0.2, -0.15) is 0 Å². The van der Waals surface area contributed by atoms with Gasteiger partial charge in [-0.15, -0.1) is 0 Å². The molecule has 2 aliphatic rings. The van der Waals surface area contributed by atoms with Gasteiger partial charge in [-0.1, -0.05) is 36.4 Å². The zero-order chi connectivity index (χ0) is 17.1. The molecule has 25 heavy (non-hydrogen) atoms. The number of likely N-dealkylation sites (tertiary alicyclic amines) is 2. The first-order chi connectivity index (χ1) is 12.3. The second-order valence-electron chi connectivity index (χ2n) is 7.09. The molecule has 0 radical (unpaired) electrons. The van der Waals surface area contributed by atoms with E-state index < -0.39 is 0 Å². The van der Waals surface area contributed by atoms with Gasteiger partial charge in [0.1, 0.15) is 5.69 Å². The Bertz CT molecular complexity index is 704. The molecule has 4 rings (SSSR count).